The van der Waals surface area contributed by atoms with Gasteiger partial charge in [0.2, 0.25) is 0 Å². The summed E-state index contributed by atoms with van der Waals surface area (Å²) in [7, 11) is 0. The Morgan fingerprint density at radius 3 is 2.85 bits per heavy atom. The number of benzene rings is 1. The van der Waals surface area contributed by atoms with Crippen molar-refractivity contribution >= 4 is 5.91 Å². The van der Waals surface area contributed by atoms with Crippen molar-refractivity contribution in [1.29, 1.82) is 0 Å². The maximum absolute atomic E-state index is 12.6. The van der Waals surface area contributed by atoms with E-state index in [0.717, 1.165) is 36.4 Å². The van der Waals surface area contributed by atoms with Gasteiger partial charge < -0.3 is 10.1 Å². The molecule has 1 saturated heterocycles. The van der Waals surface area contributed by atoms with E-state index in [1.54, 1.807) is 23.1 Å². The van der Waals surface area contributed by atoms with Crippen molar-refractivity contribution in [2.24, 2.45) is 0 Å². The monoisotopic (exact) mass is 348 g/mol. The summed E-state index contributed by atoms with van der Waals surface area (Å²) in [5.74, 6) is -0.194. The molecule has 1 aliphatic rings. The number of ether oxygens (including phenoxy) is 1. The molecule has 0 unspecified atom stereocenters. The first kappa shape index (κ1) is 16.5. The van der Waals surface area contributed by atoms with Crippen LogP contribution >= 0.6 is 0 Å². The molecule has 1 N–H and O–H groups in total. The molecule has 0 radical (unpaired) electrons. The second-order valence-corrected chi connectivity index (χ2v) is 6.25. The van der Waals surface area contributed by atoms with Crippen LogP contribution in [0.1, 0.15) is 23.3 Å². The third-order valence-corrected chi connectivity index (χ3v) is 4.41. The summed E-state index contributed by atoms with van der Waals surface area (Å²) in [4.78, 5) is 16.8. The topological polar surface area (TPSA) is 69.0 Å². The van der Waals surface area contributed by atoms with E-state index in [1.807, 2.05) is 42.5 Å². The van der Waals surface area contributed by atoms with Crippen LogP contribution in [0.4, 0.5) is 0 Å². The van der Waals surface area contributed by atoms with Gasteiger partial charge in [0.25, 0.3) is 5.91 Å². The predicted molar refractivity (Wildman–Crippen MR) is 98.1 cm³/mol. The van der Waals surface area contributed by atoms with Crippen LogP contribution in [0.5, 0.6) is 0 Å². The lowest BCUT2D eigenvalue weighted by atomic mass is 10.2. The molecule has 1 atom stereocenters. The number of nitrogens with one attached hydrogen (secondary N) is 1. The number of pyridine rings is 1. The van der Waals surface area contributed by atoms with Gasteiger partial charge in [0.15, 0.2) is 5.69 Å². The molecular weight excluding hydrogens is 328 g/mol. The van der Waals surface area contributed by atoms with E-state index in [2.05, 4.69) is 15.4 Å². The normalized spacial score (nSPS) is 16.5. The van der Waals surface area contributed by atoms with Crippen molar-refractivity contribution in [3.8, 4) is 16.9 Å². The highest BCUT2D eigenvalue weighted by atomic mass is 16.5. The first-order chi connectivity index (χ1) is 12.8. The Kier molecular flexibility index (Phi) is 4.75. The fourth-order valence-corrected chi connectivity index (χ4v) is 3.08. The molecule has 0 bridgehead atoms. The first-order valence-corrected chi connectivity index (χ1v) is 8.77. The number of aromatic nitrogens is 3. The maximum Gasteiger partial charge on any atom is 0.271 e. The van der Waals surface area contributed by atoms with Crippen molar-refractivity contribution in [2.45, 2.75) is 18.9 Å². The molecule has 2 aromatic heterocycles. The van der Waals surface area contributed by atoms with E-state index in [0.29, 0.717) is 12.2 Å². The quantitative estimate of drug-likeness (QED) is 0.770. The Morgan fingerprint density at radius 1 is 1.23 bits per heavy atom. The molecule has 1 aromatic carbocycles. The molecule has 3 aromatic rings. The molecule has 0 saturated carbocycles. The average Bonchev–Trinajstić information content (AvgIpc) is 3.37. The zero-order valence-electron chi connectivity index (χ0n) is 14.3. The summed E-state index contributed by atoms with van der Waals surface area (Å²) < 4.78 is 7.33. The minimum Gasteiger partial charge on any atom is -0.376 e. The van der Waals surface area contributed by atoms with Crippen LogP contribution < -0.4 is 5.32 Å². The Balaban J connectivity index is 1.63. The number of carbonyl (C=O) groups excluding carboxylic acids is 1. The fraction of sp³-hybridized carbons (Fsp3) is 0.250. The highest BCUT2D eigenvalue weighted by Gasteiger charge is 2.20. The third-order valence-electron chi connectivity index (χ3n) is 4.41. The largest absolute Gasteiger partial charge is 0.376 e. The lowest BCUT2D eigenvalue weighted by Gasteiger charge is -2.09. The fourth-order valence-electron chi connectivity index (χ4n) is 3.08. The van der Waals surface area contributed by atoms with Gasteiger partial charge in [0.1, 0.15) is 0 Å². The Bertz CT molecular complexity index is 814. The molecule has 0 aliphatic carbocycles. The van der Waals surface area contributed by atoms with Crippen LogP contribution in [0, 0.1) is 0 Å². The van der Waals surface area contributed by atoms with Gasteiger partial charge in [0, 0.05) is 31.1 Å². The number of hydrogen-bond donors (Lipinski definition) is 1. The lowest BCUT2D eigenvalue weighted by molar-refractivity contribution is 0.0853. The van der Waals surface area contributed by atoms with Gasteiger partial charge in [0.05, 0.1) is 17.5 Å². The van der Waals surface area contributed by atoms with Crippen LogP contribution in [-0.4, -0.2) is 39.9 Å². The molecule has 3 heterocycles. The lowest BCUT2D eigenvalue weighted by Crippen LogP contribution is -2.32. The van der Waals surface area contributed by atoms with E-state index >= 15 is 0 Å². The first-order valence-electron chi connectivity index (χ1n) is 8.77. The van der Waals surface area contributed by atoms with Crippen molar-refractivity contribution in [3.05, 3.63) is 66.6 Å². The molecule has 132 valence electrons. The molecule has 26 heavy (non-hydrogen) atoms. The average molecular weight is 348 g/mol. The summed E-state index contributed by atoms with van der Waals surface area (Å²) in [5, 5.41) is 7.47. The number of carbonyl (C=O) groups is 1. The predicted octanol–water partition coefficient (Wildman–Crippen LogP) is 2.84. The van der Waals surface area contributed by atoms with E-state index in [-0.39, 0.29) is 12.0 Å². The van der Waals surface area contributed by atoms with E-state index in [9.17, 15) is 4.79 Å². The second kappa shape index (κ2) is 7.49. The molecule has 4 rings (SSSR count). The molecule has 1 fully saturated rings. The molecule has 1 aliphatic heterocycles. The Hall–Kier alpha value is -2.99. The standard InChI is InChI=1S/C20H20N4O2/c25-20(22-14-17-9-5-11-26-17)18-12-19(15-6-4-10-21-13-15)24(23-18)16-7-2-1-3-8-16/h1-4,6-8,10,12-13,17H,5,9,11,14H2,(H,22,25)/t17-/m0/s1. The number of para-hydroxylation sites is 1. The van der Waals surface area contributed by atoms with Gasteiger partial charge in [-0.2, -0.15) is 5.10 Å². The van der Waals surface area contributed by atoms with Gasteiger partial charge in [-0.3, -0.25) is 9.78 Å². The SMILES string of the molecule is O=C(NC[C@@H]1CCCO1)c1cc(-c2cccnc2)n(-c2ccccc2)n1. The van der Waals surface area contributed by atoms with Gasteiger partial charge in [-0.25, -0.2) is 4.68 Å². The van der Waals surface area contributed by atoms with Crippen molar-refractivity contribution in [2.75, 3.05) is 13.2 Å². The third kappa shape index (κ3) is 3.50. The summed E-state index contributed by atoms with van der Waals surface area (Å²) in [6.45, 7) is 1.29. The van der Waals surface area contributed by atoms with E-state index in [1.165, 1.54) is 0 Å². The Labute approximate surface area is 151 Å². The maximum atomic E-state index is 12.6. The number of rotatable bonds is 5. The minimum atomic E-state index is -0.194. The highest BCUT2D eigenvalue weighted by Crippen LogP contribution is 2.23. The zero-order valence-corrected chi connectivity index (χ0v) is 14.3. The van der Waals surface area contributed by atoms with Gasteiger partial charge in [-0.15, -0.1) is 0 Å². The number of nitrogens with zero attached hydrogens (tertiary/aromatic N) is 3. The molecule has 6 heteroatoms. The van der Waals surface area contributed by atoms with Gasteiger partial charge in [-0.1, -0.05) is 18.2 Å². The van der Waals surface area contributed by atoms with Crippen molar-refractivity contribution < 1.29 is 9.53 Å². The highest BCUT2D eigenvalue weighted by molar-refractivity contribution is 5.93. The van der Waals surface area contributed by atoms with E-state index in [4.69, 9.17) is 4.74 Å². The molecule has 0 spiro atoms. The van der Waals surface area contributed by atoms with Gasteiger partial charge >= 0.3 is 0 Å². The zero-order chi connectivity index (χ0) is 17.8. The van der Waals surface area contributed by atoms with Crippen LogP contribution in [0.3, 0.4) is 0 Å². The van der Waals surface area contributed by atoms with Crippen molar-refractivity contribution in [3.63, 3.8) is 0 Å². The number of hydrogen-bond acceptors (Lipinski definition) is 4. The second-order valence-electron chi connectivity index (χ2n) is 6.25. The molecule has 6 nitrogen and oxygen atoms in total. The summed E-state index contributed by atoms with van der Waals surface area (Å²) in [6, 6.07) is 15.4. The van der Waals surface area contributed by atoms with Crippen LogP contribution in [0.25, 0.3) is 16.9 Å². The summed E-state index contributed by atoms with van der Waals surface area (Å²) in [6.07, 6.45) is 5.63. The van der Waals surface area contributed by atoms with E-state index < -0.39 is 0 Å². The molecular formula is C20H20N4O2. The summed E-state index contributed by atoms with van der Waals surface area (Å²) in [5.41, 5.74) is 3.00. The van der Waals surface area contributed by atoms with Crippen LogP contribution in [-0.2, 0) is 4.74 Å². The van der Waals surface area contributed by atoms with Gasteiger partial charge in [-0.05, 0) is 43.2 Å². The van der Waals surface area contributed by atoms with Crippen LogP contribution in [0.15, 0.2) is 60.9 Å². The minimum absolute atomic E-state index is 0.105. The summed E-state index contributed by atoms with van der Waals surface area (Å²) >= 11 is 0. The Morgan fingerprint density at radius 2 is 2.12 bits per heavy atom. The molecule has 1 amide bonds. The number of amides is 1. The van der Waals surface area contributed by atoms with Crippen molar-refractivity contribution in [1.82, 2.24) is 20.1 Å². The van der Waals surface area contributed by atoms with Crippen LogP contribution in [0.2, 0.25) is 0 Å². The smallest absolute Gasteiger partial charge is 0.271 e.